The average molecular weight is 249 g/mol. The Labute approximate surface area is 101 Å². The molecule has 0 fully saturated rings. The minimum Gasteiger partial charge on any atom is -0.459 e. The molecule has 0 bridgehead atoms. The number of carbonyl (C=O) groups is 1. The van der Waals surface area contributed by atoms with E-state index in [1.54, 1.807) is 36.6 Å². The van der Waals surface area contributed by atoms with Crippen molar-refractivity contribution in [2.45, 2.75) is 4.90 Å². The zero-order valence-electron chi connectivity index (χ0n) is 9.17. The Morgan fingerprint density at radius 3 is 2.41 bits per heavy atom. The van der Waals surface area contributed by atoms with E-state index in [1.165, 1.54) is 6.26 Å². The largest absolute Gasteiger partial charge is 0.459 e. The normalized spacial score (nSPS) is 12.3. The molecule has 1 amide bonds. The molecule has 0 saturated carbocycles. The van der Waals surface area contributed by atoms with Gasteiger partial charge in [0.2, 0.25) is 0 Å². The molecule has 1 aromatic heterocycles. The van der Waals surface area contributed by atoms with Crippen LogP contribution < -0.4 is 5.73 Å². The maximum atomic E-state index is 11.2. The molecule has 0 aliphatic heterocycles. The molecule has 2 rings (SSSR count). The van der Waals surface area contributed by atoms with Crippen molar-refractivity contribution in [1.29, 1.82) is 0 Å². The van der Waals surface area contributed by atoms with E-state index in [1.807, 2.05) is 0 Å². The first kappa shape index (κ1) is 11.6. The molecular formula is C12H11NO3S. The number of rotatable bonds is 3. The number of benzene rings is 1. The van der Waals surface area contributed by atoms with E-state index in [0.29, 0.717) is 5.56 Å². The second kappa shape index (κ2) is 4.55. The van der Waals surface area contributed by atoms with E-state index in [4.69, 9.17) is 10.2 Å². The van der Waals surface area contributed by atoms with Gasteiger partial charge in [0.05, 0.1) is 6.26 Å². The molecule has 1 aromatic carbocycles. The van der Waals surface area contributed by atoms with Crippen LogP contribution in [0.4, 0.5) is 0 Å². The van der Waals surface area contributed by atoms with Crippen LogP contribution in [-0.2, 0) is 10.8 Å². The topological polar surface area (TPSA) is 73.3 Å². The van der Waals surface area contributed by atoms with Crippen LogP contribution in [-0.4, -0.2) is 16.4 Å². The van der Waals surface area contributed by atoms with Crippen molar-refractivity contribution in [1.82, 2.24) is 0 Å². The van der Waals surface area contributed by atoms with Gasteiger partial charge in [-0.25, -0.2) is 0 Å². The SMILES string of the molecule is CS(=O)c1ccc(-c2ccoc2C(N)=O)cc1. The predicted octanol–water partition coefficient (Wildman–Crippen LogP) is 1.78. The summed E-state index contributed by atoms with van der Waals surface area (Å²) in [6.07, 6.45) is 3.03. The lowest BCUT2D eigenvalue weighted by Gasteiger charge is -2.01. The molecule has 0 radical (unpaired) electrons. The highest BCUT2D eigenvalue weighted by atomic mass is 32.2. The third-order valence-corrected chi connectivity index (χ3v) is 3.32. The highest BCUT2D eigenvalue weighted by Crippen LogP contribution is 2.25. The van der Waals surface area contributed by atoms with Crippen molar-refractivity contribution in [3.8, 4) is 11.1 Å². The van der Waals surface area contributed by atoms with Crippen molar-refractivity contribution in [2.24, 2.45) is 5.73 Å². The Morgan fingerprint density at radius 2 is 1.88 bits per heavy atom. The van der Waals surface area contributed by atoms with E-state index in [9.17, 15) is 9.00 Å². The third-order valence-electron chi connectivity index (χ3n) is 2.39. The Hall–Kier alpha value is -1.88. The second-order valence-corrected chi connectivity index (χ2v) is 4.89. The lowest BCUT2D eigenvalue weighted by atomic mass is 10.1. The summed E-state index contributed by atoms with van der Waals surface area (Å²) in [4.78, 5) is 11.8. The number of nitrogens with two attached hydrogens (primary N) is 1. The minimum atomic E-state index is -1.01. The number of carbonyl (C=O) groups excluding carboxylic acids is 1. The molecule has 0 spiro atoms. The predicted molar refractivity (Wildman–Crippen MR) is 65.0 cm³/mol. The Balaban J connectivity index is 2.43. The second-order valence-electron chi connectivity index (χ2n) is 3.51. The van der Waals surface area contributed by atoms with E-state index in [-0.39, 0.29) is 5.76 Å². The smallest absolute Gasteiger partial charge is 0.285 e. The van der Waals surface area contributed by atoms with Crippen LogP contribution in [0.2, 0.25) is 0 Å². The standard InChI is InChI=1S/C12H11NO3S/c1-17(15)9-4-2-8(3-5-9)10-6-7-16-11(10)12(13)14/h2-7H,1H3,(H2,13,14). The summed E-state index contributed by atoms with van der Waals surface area (Å²) >= 11 is 0. The van der Waals surface area contributed by atoms with Crippen LogP contribution in [0.25, 0.3) is 11.1 Å². The number of hydrogen-bond donors (Lipinski definition) is 1. The molecule has 5 heteroatoms. The highest BCUT2D eigenvalue weighted by Gasteiger charge is 2.13. The van der Waals surface area contributed by atoms with Gasteiger partial charge in [-0.3, -0.25) is 9.00 Å². The monoisotopic (exact) mass is 249 g/mol. The average Bonchev–Trinajstić information content (AvgIpc) is 2.78. The van der Waals surface area contributed by atoms with Crippen LogP contribution >= 0.6 is 0 Å². The maximum absolute atomic E-state index is 11.2. The first-order chi connectivity index (χ1) is 8.09. The van der Waals surface area contributed by atoms with Gasteiger partial charge >= 0.3 is 0 Å². The zero-order valence-corrected chi connectivity index (χ0v) is 9.99. The van der Waals surface area contributed by atoms with Gasteiger partial charge < -0.3 is 10.2 Å². The number of furan rings is 1. The van der Waals surface area contributed by atoms with Gasteiger partial charge in [0.25, 0.3) is 5.91 Å². The minimum absolute atomic E-state index is 0.135. The molecular weight excluding hydrogens is 238 g/mol. The summed E-state index contributed by atoms with van der Waals surface area (Å²) in [6.45, 7) is 0. The van der Waals surface area contributed by atoms with Crippen molar-refractivity contribution in [2.75, 3.05) is 6.26 Å². The first-order valence-electron chi connectivity index (χ1n) is 4.91. The fourth-order valence-corrected chi connectivity index (χ4v) is 2.07. The molecule has 4 nitrogen and oxygen atoms in total. The molecule has 0 aliphatic carbocycles. The maximum Gasteiger partial charge on any atom is 0.285 e. The summed E-state index contributed by atoms with van der Waals surface area (Å²) in [5, 5.41) is 0. The van der Waals surface area contributed by atoms with E-state index in [0.717, 1.165) is 10.5 Å². The van der Waals surface area contributed by atoms with Crippen LogP contribution in [0, 0.1) is 0 Å². The molecule has 17 heavy (non-hydrogen) atoms. The molecule has 1 unspecified atom stereocenters. The molecule has 88 valence electrons. The molecule has 1 atom stereocenters. The molecule has 0 saturated heterocycles. The number of primary amides is 1. The highest BCUT2D eigenvalue weighted by molar-refractivity contribution is 7.84. The van der Waals surface area contributed by atoms with Gasteiger partial charge in [-0.05, 0) is 23.8 Å². The lowest BCUT2D eigenvalue weighted by molar-refractivity contribution is 0.0975. The summed E-state index contributed by atoms with van der Waals surface area (Å²) in [5.41, 5.74) is 6.64. The third kappa shape index (κ3) is 2.29. The number of hydrogen-bond acceptors (Lipinski definition) is 3. The lowest BCUT2D eigenvalue weighted by Crippen LogP contribution is -2.10. The molecule has 1 heterocycles. The van der Waals surface area contributed by atoms with Gasteiger partial charge in [0.1, 0.15) is 0 Å². The van der Waals surface area contributed by atoms with E-state index in [2.05, 4.69) is 0 Å². The van der Waals surface area contributed by atoms with Crippen LogP contribution in [0.3, 0.4) is 0 Å². The van der Waals surface area contributed by atoms with Gasteiger partial charge in [-0.2, -0.15) is 0 Å². The summed E-state index contributed by atoms with van der Waals surface area (Å²) in [6, 6.07) is 8.76. The Morgan fingerprint density at radius 1 is 1.24 bits per heavy atom. The van der Waals surface area contributed by atoms with Gasteiger partial charge in [0.15, 0.2) is 5.76 Å². The molecule has 2 aromatic rings. The van der Waals surface area contributed by atoms with Gasteiger partial charge in [0, 0.05) is 27.5 Å². The van der Waals surface area contributed by atoms with Crippen LogP contribution in [0.1, 0.15) is 10.6 Å². The summed E-state index contributed by atoms with van der Waals surface area (Å²) < 4.78 is 16.3. The fraction of sp³-hybridized carbons (Fsp3) is 0.0833. The first-order valence-corrected chi connectivity index (χ1v) is 6.46. The summed E-state index contributed by atoms with van der Waals surface area (Å²) in [7, 11) is -1.01. The quantitative estimate of drug-likeness (QED) is 0.901. The van der Waals surface area contributed by atoms with Crippen LogP contribution in [0.5, 0.6) is 0 Å². The van der Waals surface area contributed by atoms with Crippen molar-refractivity contribution < 1.29 is 13.4 Å². The van der Waals surface area contributed by atoms with Gasteiger partial charge in [-0.1, -0.05) is 12.1 Å². The van der Waals surface area contributed by atoms with Crippen molar-refractivity contribution >= 4 is 16.7 Å². The molecule has 0 aliphatic rings. The van der Waals surface area contributed by atoms with E-state index >= 15 is 0 Å². The van der Waals surface area contributed by atoms with Crippen molar-refractivity contribution in [3.63, 3.8) is 0 Å². The summed E-state index contributed by atoms with van der Waals surface area (Å²) in [5.74, 6) is -0.469. The molecule has 2 N–H and O–H groups in total. The van der Waals surface area contributed by atoms with Crippen molar-refractivity contribution in [3.05, 3.63) is 42.4 Å². The fourth-order valence-electron chi connectivity index (χ4n) is 1.55. The van der Waals surface area contributed by atoms with E-state index < -0.39 is 16.7 Å². The van der Waals surface area contributed by atoms with Crippen LogP contribution in [0.15, 0.2) is 45.9 Å². The Bertz CT molecular complexity index is 572. The van der Waals surface area contributed by atoms with Gasteiger partial charge in [-0.15, -0.1) is 0 Å². The zero-order chi connectivity index (χ0) is 12.4. The number of amides is 1. The Kier molecular flexibility index (Phi) is 3.10.